The second kappa shape index (κ2) is 45.9. The van der Waals surface area contributed by atoms with Gasteiger partial charge in [0, 0.05) is 25.8 Å². The summed E-state index contributed by atoms with van der Waals surface area (Å²) in [6.45, 7) is 14.8. The maximum absolute atomic E-state index is 14.7. The van der Waals surface area contributed by atoms with Gasteiger partial charge in [-0.15, -0.1) is 0 Å². The van der Waals surface area contributed by atoms with Gasteiger partial charge < -0.3 is 108 Å². The Bertz CT molecular complexity index is 2950. The molecular formula is C64H109N19O17. The molecule has 562 valence electrons. The lowest BCUT2D eigenvalue weighted by atomic mass is 9.99. The smallest absolute Gasteiger partial charge is 0.325 e. The highest BCUT2D eigenvalue weighted by atomic mass is 16.4. The number of hydrogen-bond donors (Lipinski definition) is 20. The molecule has 0 saturated heterocycles. The summed E-state index contributed by atoms with van der Waals surface area (Å²) in [5.74, 6) is -14.8. The van der Waals surface area contributed by atoms with Crippen LogP contribution in [0.25, 0.3) is 0 Å². The van der Waals surface area contributed by atoms with Crippen LogP contribution in [0.1, 0.15) is 152 Å². The first kappa shape index (κ1) is 88.4. The first-order chi connectivity index (χ1) is 46.8. The SMILES string of the molecule is CC(C)C[C@H](NC(=O)[C@H](CO)NC(=O)[C@H](CCCCN)NC(=O)[C@H](CCC(N)=O)NC(=O)[C@H](CC(C)C)NC(=O)[C@H](Cc1ccccc1)NC(=O)[C@H](CCC(N)=O)NC(=O)[C@H](CCCN=C(N)N)NC(=O)[C@@H](N)CC(C)C)C(=O)N[C@@H](C)C(=O)N[C@@H](C)C(=O)N[C@@H](C)C(=O)N[C@@H](C)C(=O)O. The van der Waals surface area contributed by atoms with Crippen molar-refractivity contribution in [3.8, 4) is 0 Å². The van der Waals surface area contributed by atoms with Crippen LogP contribution in [0, 0.1) is 17.8 Å². The number of benzene rings is 1. The first-order valence-corrected chi connectivity index (χ1v) is 33.4. The van der Waals surface area contributed by atoms with Crippen LogP contribution in [0.4, 0.5) is 0 Å². The highest BCUT2D eigenvalue weighted by Gasteiger charge is 2.37. The Balaban J connectivity index is 3.58. The average molecular weight is 1420 g/mol. The predicted molar refractivity (Wildman–Crippen MR) is 367 cm³/mol. The van der Waals surface area contributed by atoms with Gasteiger partial charge in [0.05, 0.1) is 12.6 Å². The van der Waals surface area contributed by atoms with E-state index in [0.717, 1.165) is 0 Å². The van der Waals surface area contributed by atoms with Crippen molar-refractivity contribution in [2.75, 3.05) is 19.7 Å². The fourth-order valence-corrected chi connectivity index (χ4v) is 9.69. The average Bonchev–Trinajstić information content (AvgIpc) is 0.859. The number of rotatable bonds is 48. The Kier molecular flexibility index (Phi) is 40.6. The van der Waals surface area contributed by atoms with Crippen molar-refractivity contribution >= 4 is 94.6 Å². The third kappa shape index (κ3) is 35.3. The molecule has 0 aliphatic heterocycles. The molecule has 0 bridgehead atoms. The molecule has 0 spiro atoms. The van der Waals surface area contributed by atoms with Crippen molar-refractivity contribution in [3.63, 3.8) is 0 Å². The lowest BCUT2D eigenvalue weighted by molar-refractivity contribution is -0.141. The maximum atomic E-state index is 14.7. The fraction of sp³-hybridized carbons (Fsp3) is 0.656. The Morgan fingerprint density at radius 1 is 0.390 bits per heavy atom. The molecule has 26 N–H and O–H groups in total. The summed E-state index contributed by atoms with van der Waals surface area (Å²) in [6.07, 6.45) is -1.27. The molecular weight excluding hydrogens is 1310 g/mol. The van der Waals surface area contributed by atoms with Crippen LogP contribution < -0.4 is 98.2 Å². The van der Waals surface area contributed by atoms with Crippen LogP contribution in [-0.2, 0) is 78.3 Å². The molecule has 0 fully saturated rings. The molecule has 1 rings (SSSR count). The number of aliphatic imine (C=N–C) groups is 1. The van der Waals surface area contributed by atoms with E-state index in [2.05, 4.69) is 68.8 Å². The summed E-state index contributed by atoms with van der Waals surface area (Å²) in [5.41, 5.74) is 34.4. The Hall–Kier alpha value is -9.58. The van der Waals surface area contributed by atoms with Gasteiger partial charge in [0.2, 0.25) is 82.7 Å². The minimum Gasteiger partial charge on any atom is -0.480 e. The summed E-state index contributed by atoms with van der Waals surface area (Å²) in [6, 6.07) is -9.89. The zero-order chi connectivity index (χ0) is 76.1. The second-order valence-electron chi connectivity index (χ2n) is 25.9. The largest absolute Gasteiger partial charge is 0.480 e. The van der Waals surface area contributed by atoms with Gasteiger partial charge in [0.15, 0.2) is 5.96 Å². The number of aliphatic hydroxyl groups is 1. The minimum atomic E-state index is -1.77. The van der Waals surface area contributed by atoms with Gasteiger partial charge in [-0.05, 0) is 122 Å². The quantitative estimate of drug-likeness (QED) is 0.0164. The molecule has 0 aliphatic rings. The summed E-state index contributed by atoms with van der Waals surface area (Å²) in [4.78, 5) is 205. The standard InChI is InChI=1S/C64H109N19O17/c1-32(2)27-40(66)54(90)76-42(20-16-26-71-64(69)70)55(91)78-44(22-24-50(68)86)58(94)82-47(30-39-17-12-11-13-18-39)61(97)80-46(29-34(5)6)60(96)79-43(21-23-49(67)85)57(93)77-41(19-14-15-25-65)56(92)83-48(31-84)62(98)81-45(28-33(3)4)59(95)74-37(9)52(88)72-35(7)51(87)73-36(8)53(89)75-38(10)63(99)100/h11-13,17-18,32-38,40-48,84H,14-16,19-31,65-66H2,1-10H3,(H2,67,85)(H2,68,86)(H,72,88)(H,73,87)(H,74,95)(H,75,89)(H,76,90)(H,77,93)(H,78,91)(H,79,96)(H,80,97)(H,81,98)(H,82,94)(H,83,92)(H,99,100)(H4,69,70,71)/t35-,36-,37-,38-,40-,41-,42-,43-,44-,45-,46-,47-,48-/m0/s1. The number of amides is 14. The Morgan fingerprint density at radius 2 is 0.720 bits per heavy atom. The zero-order valence-electron chi connectivity index (χ0n) is 58.9. The van der Waals surface area contributed by atoms with Crippen LogP contribution in [0.5, 0.6) is 0 Å². The van der Waals surface area contributed by atoms with E-state index >= 15 is 0 Å². The Labute approximate surface area is 582 Å². The van der Waals surface area contributed by atoms with E-state index in [1.807, 2.05) is 13.8 Å². The van der Waals surface area contributed by atoms with Crippen molar-refractivity contribution in [2.24, 2.45) is 57.1 Å². The van der Waals surface area contributed by atoms with Gasteiger partial charge in [-0.25, -0.2) is 0 Å². The molecule has 1 aromatic carbocycles. The van der Waals surface area contributed by atoms with E-state index in [0.29, 0.717) is 12.0 Å². The highest BCUT2D eigenvalue weighted by Crippen LogP contribution is 2.14. The third-order valence-corrected chi connectivity index (χ3v) is 15.2. The summed E-state index contributed by atoms with van der Waals surface area (Å²) >= 11 is 0. The number of carboxylic acid groups (broad SMARTS) is 1. The highest BCUT2D eigenvalue weighted by molar-refractivity contribution is 6.00. The fourth-order valence-electron chi connectivity index (χ4n) is 9.69. The van der Waals surface area contributed by atoms with Crippen molar-refractivity contribution in [1.29, 1.82) is 0 Å². The van der Waals surface area contributed by atoms with Crippen LogP contribution in [0.15, 0.2) is 35.3 Å². The van der Waals surface area contributed by atoms with Gasteiger partial charge in [-0.1, -0.05) is 71.9 Å². The lowest BCUT2D eigenvalue weighted by Gasteiger charge is -2.29. The van der Waals surface area contributed by atoms with Gasteiger partial charge >= 0.3 is 5.97 Å². The second-order valence-corrected chi connectivity index (χ2v) is 25.9. The van der Waals surface area contributed by atoms with E-state index in [-0.39, 0.29) is 94.6 Å². The van der Waals surface area contributed by atoms with E-state index in [1.165, 1.54) is 27.7 Å². The predicted octanol–water partition coefficient (Wildman–Crippen LogP) is -5.62. The van der Waals surface area contributed by atoms with Gasteiger partial charge in [-0.2, -0.15) is 0 Å². The topological polar surface area (TPSA) is 609 Å². The normalized spacial score (nSPS) is 15.0. The number of unbranched alkanes of at least 4 members (excludes halogenated alkanes) is 1. The summed E-state index contributed by atoms with van der Waals surface area (Å²) < 4.78 is 0. The van der Waals surface area contributed by atoms with Gasteiger partial charge in [-0.3, -0.25) is 76.9 Å². The van der Waals surface area contributed by atoms with E-state index in [9.17, 15) is 77.0 Å². The number of carboxylic acids is 1. The molecule has 0 aromatic heterocycles. The van der Waals surface area contributed by atoms with Crippen LogP contribution in [0.2, 0.25) is 0 Å². The molecule has 1 aromatic rings. The number of carbonyl (C=O) groups excluding carboxylic acids is 14. The van der Waals surface area contributed by atoms with Gasteiger partial charge in [0.25, 0.3) is 0 Å². The molecule has 0 radical (unpaired) electrons. The number of nitrogens with one attached hydrogen (secondary N) is 12. The van der Waals surface area contributed by atoms with Crippen LogP contribution in [-0.4, -0.2) is 203 Å². The maximum Gasteiger partial charge on any atom is 0.325 e. The number of guanidine groups is 1. The number of carbonyl (C=O) groups is 15. The van der Waals surface area contributed by atoms with E-state index in [1.54, 1.807) is 58.0 Å². The van der Waals surface area contributed by atoms with E-state index < -0.39 is 193 Å². The number of primary amides is 2. The monoisotopic (exact) mass is 1420 g/mol. The Morgan fingerprint density at radius 3 is 1.11 bits per heavy atom. The van der Waals surface area contributed by atoms with Crippen molar-refractivity contribution in [1.82, 2.24) is 63.8 Å². The molecule has 14 amide bonds. The molecule has 0 heterocycles. The van der Waals surface area contributed by atoms with Crippen molar-refractivity contribution in [2.45, 2.75) is 231 Å². The van der Waals surface area contributed by atoms with Crippen LogP contribution >= 0.6 is 0 Å². The molecule has 36 nitrogen and oxygen atoms in total. The first-order valence-electron chi connectivity index (χ1n) is 33.4. The number of nitrogens with zero attached hydrogens (tertiary/aromatic N) is 1. The van der Waals surface area contributed by atoms with E-state index in [4.69, 9.17) is 39.5 Å². The number of aliphatic hydroxyl groups excluding tert-OH is 1. The van der Waals surface area contributed by atoms with Crippen molar-refractivity contribution < 1.29 is 82.1 Å². The van der Waals surface area contributed by atoms with Crippen LogP contribution in [0.3, 0.4) is 0 Å². The summed E-state index contributed by atoms with van der Waals surface area (Å²) in [5, 5.41) is 49.4. The number of nitrogens with two attached hydrogens (primary N) is 6. The molecule has 36 heteroatoms. The molecule has 0 aliphatic carbocycles. The number of aliphatic carboxylic acids is 1. The molecule has 0 saturated carbocycles. The van der Waals surface area contributed by atoms with Crippen molar-refractivity contribution in [3.05, 3.63) is 35.9 Å². The zero-order valence-corrected chi connectivity index (χ0v) is 58.9. The molecule has 13 atom stereocenters. The minimum absolute atomic E-state index is 0.0122. The summed E-state index contributed by atoms with van der Waals surface area (Å²) in [7, 11) is 0. The lowest BCUT2D eigenvalue weighted by Crippen LogP contribution is -2.61. The number of hydrogen-bond acceptors (Lipinski definition) is 19. The third-order valence-electron chi connectivity index (χ3n) is 15.2. The molecule has 100 heavy (non-hydrogen) atoms. The van der Waals surface area contributed by atoms with Gasteiger partial charge in [0.1, 0.15) is 72.5 Å². The molecule has 0 unspecified atom stereocenters.